The average Bonchev–Trinajstić information content (AvgIpc) is 2.33. The Kier molecular flexibility index (Phi) is 6.39. The second kappa shape index (κ2) is 7.89. The van der Waals surface area contributed by atoms with Gasteiger partial charge in [0.2, 0.25) is 0 Å². The summed E-state index contributed by atoms with van der Waals surface area (Å²) in [5, 5.41) is 13.7. The number of carbonyl (C=O) groups excluding carboxylic acids is 1. The maximum atomic E-state index is 11.3. The lowest BCUT2D eigenvalue weighted by Gasteiger charge is -2.22. The van der Waals surface area contributed by atoms with E-state index < -0.39 is 5.97 Å². The lowest BCUT2D eigenvalue weighted by molar-refractivity contribution is -0.137. The Bertz CT molecular complexity index is 252. The monoisotopic (exact) mass is 244 g/mol. The third-order valence-electron chi connectivity index (χ3n) is 2.62. The molecule has 1 aliphatic heterocycles. The molecule has 0 aromatic heterocycles. The van der Waals surface area contributed by atoms with Crippen LogP contribution in [0.2, 0.25) is 0 Å². The van der Waals surface area contributed by atoms with Crippen LogP contribution in [0.15, 0.2) is 0 Å². The summed E-state index contributed by atoms with van der Waals surface area (Å²) in [6.45, 7) is 1.67. The summed E-state index contributed by atoms with van der Waals surface area (Å²) < 4.78 is 5.47. The highest BCUT2D eigenvalue weighted by Crippen LogP contribution is 2.11. The van der Waals surface area contributed by atoms with Crippen molar-refractivity contribution in [3.63, 3.8) is 0 Å². The summed E-state index contributed by atoms with van der Waals surface area (Å²) in [7, 11) is 0. The Hall–Kier alpha value is -1.30. The minimum atomic E-state index is -0.845. The Balaban J connectivity index is 1.98. The summed E-state index contributed by atoms with van der Waals surface area (Å²) in [6, 6.07) is -0.260. The van der Waals surface area contributed by atoms with Gasteiger partial charge in [-0.1, -0.05) is 0 Å². The lowest BCUT2D eigenvalue weighted by Crippen LogP contribution is -2.41. The van der Waals surface area contributed by atoms with Crippen LogP contribution in [0.5, 0.6) is 0 Å². The van der Waals surface area contributed by atoms with Crippen LogP contribution < -0.4 is 10.6 Å². The molecule has 1 fully saturated rings. The van der Waals surface area contributed by atoms with Crippen molar-refractivity contribution < 1.29 is 19.4 Å². The Labute approximate surface area is 101 Å². The molecule has 6 heteroatoms. The van der Waals surface area contributed by atoms with Crippen molar-refractivity contribution in [2.24, 2.45) is 0 Å². The molecule has 2 amide bonds. The summed E-state index contributed by atoms with van der Waals surface area (Å²) in [6.07, 6.45) is 3.87. The first-order valence-corrected chi connectivity index (χ1v) is 6.03. The third kappa shape index (κ3) is 6.78. The SMILES string of the molecule is O=C(O)CCCNC(=O)NCC1CCCCO1. The van der Waals surface area contributed by atoms with Crippen LogP contribution in [-0.4, -0.2) is 42.9 Å². The van der Waals surface area contributed by atoms with Crippen LogP contribution in [0, 0.1) is 0 Å². The molecule has 0 radical (unpaired) electrons. The number of urea groups is 1. The first-order chi connectivity index (χ1) is 8.18. The highest BCUT2D eigenvalue weighted by atomic mass is 16.5. The minimum absolute atomic E-state index is 0.0754. The van der Waals surface area contributed by atoms with Crippen molar-refractivity contribution >= 4 is 12.0 Å². The third-order valence-corrected chi connectivity index (χ3v) is 2.62. The van der Waals surface area contributed by atoms with Crippen molar-refractivity contribution in [1.29, 1.82) is 0 Å². The van der Waals surface area contributed by atoms with E-state index in [-0.39, 0.29) is 18.6 Å². The maximum Gasteiger partial charge on any atom is 0.314 e. The van der Waals surface area contributed by atoms with Gasteiger partial charge >= 0.3 is 12.0 Å². The van der Waals surface area contributed by atoms with E-state index in [1.807, 2.05) is 0 Å². The van der Waals surface area contributed by atoms with Crippen molar-refractivity contribution in [3.8, 4) is 0 Å². The zero-order valence-corrected chi connectivity index (χ0v) is 9.91. The first kappa shape index (κ1) is 13.8. The van der Waals surface area contributed by atoms with Gasteiger partial charge in [0, 0.05) is 26.1 Å². The van der Waals surface area contributed by atoms with Gasteiger partial charge in [-0.05, 0) is 25.7 Å². The van der Waals surface area contributed by atoms with E-state index in [0.29, 0.717) is 19.5 Å². The average molecular weight is 244 g/mol. The quantitative estimate of drug-likeness (QED) is 0.601. The largest absolute Gasteiger partial charge is 0.481 e. The standard InChI is InChI=1S/C11H20N2O4/c14-10(15)5-3-6-12-11(16)13-8-9-4-1-2-7-17-9/h9H,1-8H2,(H,14,15)(H2,12,13,16). The van der Waals surface area contributed by atoms with Gasteiger partial charge in [0.25, 0.3) is 0 Å². The van der Waals surface area contributed by atoms with E-state index in [4.69, 9.17) is 9.84 Å². The molecule has 3 N–H and O–H groups in total. The van der Waals surface area contributed by atoms with Gasteiger partial charge in [0.15, 0.2) is 0 Å². The predicted octanol–water partition coefficient (Wildman–Crippen LogP) is 0.719. The molecule has 17 heavy (non-hydrogen) atoms. The molecule has 1 rings (SSSR count). The van der Waals surface area contributed by atoms with Gasteiger partial charge < -0.3 is 20.5 Å². The second-order valence-electron chi connectivity index (χ2n) is 4.12. The summed E-state index contributed by atoms with van der Waals surface area (Å²) in [5.41, 5.74) is 0. The van der Waals surface area contributed by atoms with Gasteiger partial charge in [-0.3, -0.25) is 4.79 Å². The van der Waals surface area contributed by atoms with Crippen molar-refractivity contribution in [1.82, 2.24) is 10.6 Å². The number of ether oxygens (including phenoxy) is 1. The molecular formula is C11H20N2O4. The van der Waals surface area contributed by atoms with Crippen molar-refractivity contribution in [2.75, 3.05) is 19.7 Å². The molecule has 1 aliphatic rings. The van der Waals surface area contributed by atoms with Crippen molar-refractivity contribution in [3.05, 3.63) is 0 Å². The summed E-state index contributed by atoms with van der Waals surface area (Å²) in [4.78, 5) is 21.5. The number of carbonyl (C=O) groups is 2. The number of aliphatic carboxylic acids is 1. The molecule has 0 bridgehead atoms. The van der Waals surface area contributed by atoms with Crippen molar-refractivity contribution in [2.45, 2.75) is 38.2 Å². The normalized spacial score (nSPS) is 19.6. The molecule has 1 atom stereocenters. The highest BCUT2D eigenvalue weighted by Gasteiger charge is 2.14. The lowest BCUT2D eigenvalue weighted by atomic mass is 10.1. The van der Waals surface area contributed by atoms with Crippen LogP contribution in [0.3, 0.4) is 0 Å². The first-order valence-electron chi connectivity index (χ1n) is 6.03. The number of amides is 2. The van der Waals surface area contributed by atoms with Gasteiger partial charge in [-0.25, -0.2) is 4.79 Å². The Morgan fingerprint density at radius 1 is 1.29 bits per heavy atom. The molecule has 0 spiro atoms. The topological polar surface area (TPSA) is 87.7 Å². The van der Waals surface area contributed by atoms with Crippen LogP contribution in [-0.2, 0) is 9.53 Å². The number of rotatable bonds is 6. The fraction of sp³-hybridized carbons (Fsp3) is 0.818. The molecule has 0 aromatic carbocycles. The Morgan fingerprint density at radius 3 is 2.76 bits per heavy atom. The number of nitrogens with one attached hydrogen (secondary N) is 2. The molecule has 6 nitrogen and oxygen atoms in total. The molecule has 98 valence electrons. The van der Waals surface area contributed by atoms with Crippen LogP contribution in [0.1, 0.15) is 32.1 Å². The molecule has 1 saturated heterocycles. The molecular weight excluding hydrogens is 224 g/mol. The van der Waals surface area contributed by atoms with Crippen LogP contribution >= 0.6 is 0 Å². The van der Waals surface area contributed by atoms with E-state index in [1.165, 1.54) is 0 Å². The number of hydrogen-bond acceptors (Lipinski definition) is 3. The fourth-order valence-electron chi connectivity index (χ4n) is 1.68. The van der Waals surface area contributed by atoms with E-state index in [0.717, 1.165) is 25.9 Å². The van der Waals surface area contributed by atoms with Gasteiger partial charge in [-0.15, -0.1) is 0 Å². The van der Waals surface area contributed by atoms with E-state index in [2.05, 4.69) is 10.6 Å². The van der Waals surface area contributed by atoms with E-state index >= 15 is 0 Å². The maximum absolute atomic E-state index is 11.3. The van der Waals surface area contributed by atoms with E-state index in [1.54, 1.807) is 0 Å². The summed E-state index contributed by atoms with van der Waals surface area (Å²) >= 11 is 0. The van der Waals surface area contributed by atoms with Crippen LogP contribution in [0.4, 0.5) is 4.79 Å². The number of hydrogen-bond donors (Lipinski definition) is 3. The zero-order chi connectivity index (χ0) is 12.5. The highest BCUT2D eigenvalue weighted by molar-refractivity contribution is 5.73. The molecule has 0 saturated carbocycles. The predicted molar refractivity (Wildman–Crippen MR) is 61.9 cm³/mol. The minimum Gasteiger partial charge on any atom is -0.481 e. The number of carboxylic acid groups (broad SMARTS) is 1. The van der Waals surface area contributed by atoms with E-state index in [9.17, 15) is 9.59 Å². The number of carboxylic acids is 1. The molecule has 1 unspecified atom stereocenters. The van der Waals surface area contributed by atoms with Crippen LogP contribution in [0.25, 0.3) is 0 Å². The zero-order valence-electron chi connectivity index (χ0n) is 9.91. The second-order valence-corrected chi connectivity index (χ2v) is 4.12. The van der Waals surface area contributed by atoms with Gasteiger partial charge in [0.05, 0.1) is 6.10 Å². The molecule has 0 aliphatic carbocycles. The fourth-order valence-corrected chi connectivity index (χ4v) is 1.68. The smallest absolute Gasteiger partial charge is 0.314 e. The molecule has 0 aromatic rings. The van der Waals surface area contributed by atoms with Gasteiger partial charge in [-0.2, -0.15) is 0 Å². The Morgan fingerprint density at radius 2 is 2.12 bits per heavy atom. The molecule has 1 heterocycles. The summed E-state index contributed by atoms with van der Waals surface area (Å²) in [5.74, 6) is -0.845. The van der Waals surface area contributed by atoms with Gasteiger partial charge in [0.1, 0.15) is 0 Å².